The third-order valence-corrected chi connectivity index (χ3v) is 6.44. The Hall–Kier alpha value is -2.76. The van der Waals surface area contributed by atoms with Gasteiger partial charge in [-0.3, -0.25) is 4.79 Å². The van der Waals surface area contributed by atoms with E-state index in [-0.39, 0.29) is 5.91 Å². The van der Waals surface area contributed by atoms with E-state index >= 15 is 0 Å². The number of amides is 1. The van der Waals surface area contributed by atoms with Gasteiger partial charge in [0.2, 0.25) is 11.7 Å². The highest BCUT2D eigenvalue weighted by Gasteiger charge is 2.23. The van der Waals surface area contributed by atoms with E-state index in [0.29, 0.717) is 47.3 Å². The Morgan fingerprint density at radius 3 is 2.63 bits per heavy atom. The van der Waals surface area contributed by atoms with Gasteiger partial charge in [0.1, 0.15) is 11.1 Å². The van der Waals surface area contributed by atoms with Crippen LogP contribution in [0.25, 0.3) is 0 Å². The summed E-state index contributed by atoms with van der Waals surface area (Å²) in [6, 6.07) is 6.04. The van der Waals surface area contributed by atoms with E-state index < -0.39 is 0 Å². The van der Waals surface area contributed by atoms with E-state index in [2.05, 4.69) is 11.4 Å². The van der Waals surface area contributed by atoms with E-state index in [0.717, 1.165) is 30.4 Å². The number of carbonyl (C=O) groups excluding carboxylic acids is 1. The average Bonchev–Trinajstić information content (AvgIpc) is 3.32. The maximum atomic E-state index is 12.5. The molecule has 7 nitrogen and oxygen atoms in total. The highest BCUT2D eigenvalue weighted by Crippen LogP contribution is 2.40. The lowest BCUT2D eigenvalue weighted by molar-refractivity contribution is -0.116. The van der Waals surface area contributed by atoms with Gasteiger partial charge in [0, 0.05) is 30.0 Å². The van der Waals surface area contributed by atoms with Crippen molar-refractivity contribution in [2.24, 2.45) is 0 Å². The van der Waals surface area contributed by atoms with Crippen molar-refractivity contribution in [2.45, 2.75) is 32.2 Å². The fraction of sp³-hybridized carbons (Fsp3) is 0.455. The summed E-state index contributed by atoms with van der Waals surface area (Å²) in [7, 11) is 6.71. The second kappa shape index (κ2) is 9.83. The van der Waals surface area contributed by atoms with Crippen LogP contribution < -0.4 is 19.5 Å². The number of hydrogen-bond acceptors (Lipinski definition) is 7. The van der Waals surface area contributed by atoms with Crippen LogP contribution in [0, 0.1) is 11.3 Å². The van der Waals surface area contributed by atoms with Crippen molar-refractivity contribution in [3.63, 3.8) is 0 Å². The third kappa shape index (κ3) is 4.53. The molecule has 2 aromatic rings. The van der Waals surface area contributed by atoms with Crippen LogP contribution in [-0.2, 0) is 24.2 Å². The molecule has 8 heteroatoms. The van der Waals surface area contributed by atoms with Crippen molar-refractivity contribution < 1.29 is 19.0 Å². The molecule has 0 radical (unpaired) electrons. The lowest BCUT2D eigenvalue weighted by atomic mass is 10.1. The summed E-state index contributed by atoms with van der Waals surface area (Å²) in [4.78, 5) is 15.7. The summed E-state index contributed by atoms with van der Waals surface area (Å²) in [5.41, 5.74) is 2.71. The predicted octanol–water partition coefficient (Wildman–Crippen LogP) is 3.59. The molecule has 30 heavy (non-hydrogen) atoms. The number of benzene rings is 1. The zero-order valence-corrected chi connectivity index (χ0v) is 18.6. The summed E-state index contributed by atoms with van der Waals surface area (Å²) in [5, 5.41) is 13.1. The molecule has 0 bridgehead atoms. The van der Waals surface area contributed by atoms with Crippen molar-refractivity contribution >= 4 is 22.2 Å². The SMILES string of the molecule is COc1ccc(CN(C)CCC(=O)Nc2sc3c(c2C#N)CCC3)c(OC)c1OC. The molecule has 0 unspecified atom stereocenters. The van der Waals surface area contributed by atoms with Crippen LogP contribution >= 0.6 is 11.3 Å². The lowest BCUT2D eigenvalue weighted by Gasteiger charge is -2.20. The number of anilines is 1. The van der Waals surface area contributed by atoms with Gasteiger partial charge in [-0.05, 0) is 37.9 Å². The molecule has 0 saturated carbocycles. The van der Waals surface area contributed by atoms with Crippen LogP contribution in [-0.4, -0.2) is 45.7 Å². The minimum atomic E-state index is -0.0856. The molecule has 1 amide bonds. The standard InChI is InChI=1S/C22H27N3O4S/c1-25(13-14-8-9-17(27-2)21(29-4)20(14)28-3)11-10-19(26)24-22-16(12-23)15-6-5-7-18(15)30-22/h8-9H,5-7,10-11,13H2,1-4H3,(H,24,26). The quantitative estimate of drug-likeness (QED) is 0.656. The number of carbonyl (C=O) groups is 1. The monoisotopic (exact) mass is 429 g/mol. The number of fused-ring (bicyclic) bond motifs is 1. The number of ether oxygens (including phenoxy) is 3. The van der Waals surface area contributed by atoms with Gasteiger partial charge >= 0.3 is 0 Å². The van der Waals surface area contributed by atoms with Crippen LogP contribution in [0.1, 0.15) is 34.4 Å². The molecule has 0 spiro atoms. The fourth-order valence-electron chi connectivity index (χ4n) is 3.75. The summed E-state index contributed by atoms with van der Waals surface area (Å²) >= 11 is 1.54. The van der Waals surface area contributed by atoms with Crippen molar-refractivity contribution in [3.05, 3.63) is 33.7 Å². The molecule has 1 aromatic carbocycles. The molecule has 0 atom stereocenters. The summed E-state index contributed by atoms with van der Waals surface area (Å²) in [6.07, 6.45) is 3.36. The molecule has 1 heterocycles. The molecule has 1 aliphatic rings. The van der Waals surface area contributed by atoms with E-state index in [1.165, 1.54) is 4.88 Å². The maximum absolute atomic E-state index is 12.5. The number of methoxy groups -OCH3 is 3. The Balaban J connectivity index is 1.59. The number of aryl methyl sites for hydroxylation is 1. The minimum absolute atomic E-state index is 0.0856. The first-order chi connectivity index (χ1) is 14.5. The Bertz CT molecular complexity index is 964. The van der Waals surface area contributed by atoms with Gasteiger partial charge in [-0.1, -0.05) is 6.07 Å². The molecule has 0 fully saturated rings. The Morgan fingerprint density at radius 1 is 1.20 bits per heavy atom. The maximum Gasteiger partial charge on any atom is 0.226 e. The normalized spacial score (nSPS) is 12.4. The number of rotatable bonds is 9. The Kier molecular flexibility index (Phi) is 7.19. The van der Waals surface area contributed by atoms with Crippen LogP contribution in [0.4, 0.5) is 5.00 Å². The summed E-state index contributed by atoms with van der Waals surface area (Å²) < 4.78 is 16.3. The fourth-order valence-corrected chi connectivity index (χ4v) is 5.01. The van der Waals surface area contributed by atoms with Gasteiger partial charge in [-0.15, -0.1) is 11.3 Å². The molecule has 1 aromatic heterocycles. The van der Waals surface area contributed by atoms with Gasteiger partial charge in [0.05, 0.1) is 26.9 Å². The van der Waals surface area contributed by atoms with Crippen molar-refractivity contribution in [2.75, 3.05) is 40.2 Å². The number of nitrogens with one attached hydrogen (secondary N) is 1. The topological polar surface area (TPSA) is 83.8 Å². The van der Waals surface area contributed by atoms with Gasteiger partial charge < -0.3 is 24.4 Å². The van der Waals surface area contributed by atoms with E-state index in [1.54, 1.807) is 32.7 Å². The van der Waals surface area contributed by atoms with Crippen molar-refractivity contribution in [1.82, 2.24) is 4.90 Å². The Morgan fingerprint density at radius 2 is 1.97 bits per heavy atom. The van der Waals surface area contributed by atoms with Crippen LogP contribution in [0.2, 0.25) is 0 Å². The zero-order valence-electron chi connectivity index (χ0n) is 17.8. The molecule has 160 valence electrons. The van der Waals surface area contributed by atoms with Crippen molar-refractivity contribution in [1.29, 1.82) is 5.26 Å². The van der Waals surface area contributed by atoms with E-state index in [4.69, 9.17) is 14.2 Å². The van der Waals surface area contributed by atoms with Gasteiger partial charge in [0.15, 0.2) is 11.5 Å². The lowest BCUT2D eigenvalue weighted by Crippen LogP contribution is -2.24. The molecule has 3 rings (SSSR count). The number of hydrogen-bond donors (Lipinski definition) is 1. The van der Waals surface area contributed by atoms with E-state index in [1.807, 2.05) is 24.1 Å². The minimum Gasteiger partial charge on any atom is -0.493 e. The molecular weight excluding hydrogens is 402 g/mol. The highest BCUT2D eigenvalue weighted by molar-refractivity contribution is 7.16. The number of nitrogens with zero attached hydrogens (tertiary/aromatic N) is 2. The second-order valence-electron chi connectivity index (χ2n) is 7.20. The van der Waals surface area contributed by atoms with E-state index in [9.17, 15) is 10.1 Å². The Labute approximate surface area is 181 Å². The highest BCUT2D eigenvalue weighted by atomic mass is 32.1. The third-order valence-electron chi connectivity index (χ3n) is 5.23. The molecule has 1 N–H and O–H groups in total. The van der Waals surface area contributed by atoms with Crippen LogP contribution in [0.3, 0.4) is 0 Å². The smallest absolute Gasteiger partial charge is 0.226 e. The molecular formula is C22H27N3O4S. The first-order valence-electron chi connectivity index (χ1n) is 9.83. The number of thiophene rings is 1. The first-order valence-corrected chi connectivity index (χ1v) is 10.6. The average molecular weight is 430 g/mol. The summed E-state index contributed by atoms with van der Waals surface area (Å²) in [5.74, 6) is 1.70. The second-order valence-corrected chi connectivity index (χ2v) is 8.31. The molecule has 0 saturated heterocycles. The first kappa shape index (κ1) is 21.9. The van der Waals surface area contributed by atoms with Crippen LogP contribution in [0.15, 0.2) is 12.1 Å². The van der Waals surface area contributed by atoms with Gasteiger partial charge in [-0.2, -0.15) is 5.26 Å². The number of nitriles is 1. The van der Waals surface area contributed by atoms with Crippen LogP contribution in [0.5, 0.6) is 17.2 Å². The van der Waals surface area contributed by atoms with Gasteiger partial charge in [0.25, 0.3) is 0 Å². The van der Waals surface area contributed by atoms with Crippen molar-refractivity contribution in [3.8, 4) is 23.3 Å². The molecule has 0 aliphatic heterocycles. The van der Waals surface area contributed by atoms with Gasteiger partial charge in [-0.25, -0.2) is 0 Å². The largest absolute Gasteiger partial charge is 0.493 e. The molecule has 1 aliphatic carbocycles. The predicted molar refractivity (Wildman–Crippen MR) is 117 cm³/mol. The zero-order chi connectivity index (χ0) is 21.7. The summed E-state index contributed by atoms with van der Waals surface area (Å²) in [6.45, 7) is 1.16.